The van der Waals surface area contributed by atoms with Gasteiger partial charge >= 0.3 is 17.6 Å². The predicted octanol–water partition coefficient (Wildman–Crippen LogP) is -1.59. The fourth-order valence-electron chi connectivity index (χ4n) is 1.93. The highest BCUT2D eigenvalue weighted by Gasteiger charge is 2.59. The molecular formula is C10H11F2N3O6. The van der Waals surface area contributed by atoms with Crippen LogP contribution < -0.4 is 11.4 Å². The Morgan fingerprint density at radius 2 is 2.19 bits per heavy atom. The minimum Gasteiger partial charge on any atom is -0.478 e. The van der Waals surface area contributed by atoms with Crippen molar-refractivity contribution in [2.24, 2.45) is 0 Å². The number of nitrogens with two attached hydrogens (primary N) is 1. The van der Waals surface area contributed by atoms with Crippen molar-refractivity contribution >= 4 is 11.8 Å². The highest BCUT2D eigenvalue weighted by atomic mass is 19.3. The Kier molecular flexibility index (Phi) is 3.65. The normalized spacial score (nSPS) is 27.7. The van der Waals surface area contributed by atoms with Crippen LogP contribution in [-0.2, 0) is 4.74 Å². The minimum absolute atomic E-state index is 0.221. The van der Waals surface area contributed by atoms with Crippen LogP contribution in [-0.4, -0.2) is 55.6 Å². The van der Waals surface area contributed by atoms with Crippen molar-refractivity contribution in [1.82, 2.24) is 9.55 Å². The van der Waals surface area contributed by atoms with E-state index in [0.29, 0.717) is 6.20 Å². The summed E-state index contributed by atoms with van der Waals surface area (Å²) in [4.78, 5) is 25.6. The molecule has 1 aromatic heterocycles. The van der Waals surface area contributed by atoms with Gasteiger partial charge in [-0.15, -0.1) is 0 Å². The quantitative estimate of drug-likeness (QED) is 0.522. The molecule has 1 saturated heterocycles. The zero-order valence-electron chi connectivity index (χ0n) is 10.3. The number of aliphatic hydroxyl groups excluding tert-OH is 2. The Hall–Kier alpha value is -2.11. The maximum atomic E-state index is 13.9. The van der Waals surface area contributed by atoms with Crippen LogP contribution >= 0.6 is 0 Å². The molecule has 3 unspecified atom stereocenters. The first-order valence-corrected chi connectivity index (χ1v) is 5.64. The van der Waals surface area contributed by atoms with Gasteiger partial charge in [0.15, 0.2) is 6.10 Å². The molecule has 0 saturated carbocycles. The summed E-state index contributed by atoms with van der Waals surface area (Å²) < 4.78 is 32.7. The van der Waals surface area contributed by atoms with Crippen LogP contribution in [0.15, 0.2) is 11.0 Å². The molecule has 0 aliphatic carbocycles. The molecule has 2 rings (SSSR count). The van der Waals surface area contributed by atoms with Gasteiger partial charge in [-0.2, -0.15) is 13.8 Å². The van der Waals surface area contributed by atoms with Gasteiger partial charge in [-0.1, -0.05) is 0 Å². The van der Waals surface area contributed by atoms with Gasteiger partial charge in [-0.05, 0) is 0 Å². The summed E-state index contributed by atoms with van der Waals surface area (Å²) in [6, 6.07) is 0. The molecule has 0 amide bonds. The van der Waals surface area contributed by atoms with E-state index in [9.17, 15) is 23.5 Å². The van der Waals surface area contributed by atoms with Crippen molar-refractivity contribution in [3.63, 3.8) is 0 Å². The molecule has 0 bridgehead atoms. The standard InChI is InChI=1S/C10H11F2N3O6/c11-10(12)5(17)4(2-16)21-8(10)15-1-3(7(18)19)6(13)14-9(15)20/h1,4-5,8,16-17H,2H2,(H,18,19)(H2,13,14,20). The van der Waals surface area contributed by atoms with Gasteiger partial charge in [0.1, 0.15) is 17.5 Å². The number of hydrogen-bond acceptors (Lipinski definition) is 7. The molecule has 21 heavy (non-hydrogen) atoms. The SMILES string of the molecule is Nc1nc(=O)n(C2OC(CO)C(O)C2(F)F)cc1C(=O)O. The Bertz CT molecular complexity index is 634. The van der Waals surface area contributed by atoms with E-state index in [1.54, 1.807) is 0 Å². The van der Waals surface area contributed by atoms with Crippen molar-refractivity contribution in [2.45, 2.75) is 24.4 Å². The van der Waals surface area contributed by atoms with Crippen molar-refractivity contribution in [3.05, 3.63) is 22.2 Å². The lowest BCUT2D eigenvalue weighted by atomic mass is 10.1. The zero-order chi connectivity index (χ0) is 15.9. The van der Waals surface area contributed by atoms with Crippen LogP contribution in [0.5, 0.6) is 0 Å². The van der Waals surface area contributed by atoms with E-state index in [1.165, 1.54) is 0 Å². The molecule has 11 heteroatoms. The lowest BCUT2D eigenvalue weighted by molar-refractivity contribution is -0.141. The lowest BCUT2D eigenvalue weighted by Crippen LogP contribution is -2.42. The van der Waals surface area contributed by atoms with E-state index in [1.807, 2.05) is 0 Å². The van der Waals surface area contributed by atoms with E-state index >= 15 is 0 Å². The smallest absolute Gasteiger partial charge is 0.351 e. The van der Waals surface area contributed by atoms with Gasteiger partial charge in [0.2, 0.25) is 6.23 Å². The summed E-state index contributed by atoms with van der Waals surface area (Å²) in [5.74, 6) is -6.14. The fourth-order valence-corrected chi connectivity index (χ4v) is 1.93. The number of aliphatic hydroxyl groups is 2. The van der Waals surface area contributed by atoms with Gasteiger partial charge in [0.05, 0.1) is 6.61 Å². The zero-order valence-corrected chi connectivity index (χ0v) is 10.3. The van der Waals surface area contributed by atoms with Gasteiger partial charge in [-0.3, -0.25) is 4.57 Å². The number of anilines is 1. The maximum Gasteiger partial charge on any atom is 0.351 e. The van der Waals surface area contributed by atoms with Crippen molar-refractivity contribution < 1.29 is 33.6 Å². The summed E-state index contributed by atoms with van der Waals surface area (Å²) in [6.45, 7) is -0.907. The summed E-state index contributed by atoms with van der Waals surface area (Å²) in [5.41, 5.74) is 3.27. The molecule has 116 valence electrons. The highest BCUT2D eigenvalue weighted by molar-refractivity contribution is 5.92. The van der Waals surface area contributed by atoms with E-state index in [4.69, 9.17) is 20.7 Å². The Labute approximate surface area is 115 Å². The van der Waals surface area contributed by atoms with Crippen LogP contribution in [0.1, 0.15) is 16.6 Å². The molecule has 0 spiro atoms. The van der Waals surface area contributed by atoms with E-state index in [0.717, 1.165) is 0 Å². The Morgan fingerprint density at radius 1 is 1.57 bits per heavy atom. The van der Waals surface area contributed by atoms with Gasteiger partial charge in [0.25, 0.3) is 0 Å². The molecule has 1 aromatic rings. The molecule has 2 heterocycles. The number of hydrogen-bond donors (Lipinski definition) is 4. The van der Waals surface area contributed by atoms with Crippen LogP contribution in [0.2, 0.25) is 0 Å². The first-order chi connectivity index (χ1) is 9.70. The number of carboxylic acid groups (broad SMARTS) is 1. The van der Waals surface area contributed by atoms with E-state index in [-0.39, 0.29) is 4.57 Å². The van der Waals surface area contributed by atoms with Crippen molar-refractivity contribution in [2.75, 3.05) is 12.3 Å². The van der Waals surface area contributed by atoms with Crippen molar-refractivity contribution in [3.8, 4) is 0 Å². The number of ether oxygens (including phenoxy) is 1. The molecular weight excluding hydrogens is 296 g/mol. The van der Waals surface area contributed by atoms with Crippen LogP contribution in [0.3, 0.4) is 0 Å². The van der Waals surface area contributed by atoms with Crippen LogP contribution in [0.25, 0.3) is 0 Å². The third-order valence-electron chi connectivity index (χ3n) is 3.02. The van der Waals surface area contributed by atoms with Crippen molar-refractivity contribution in [1.29, 1.82) is 0 Å². The molecule has 9 nitrogen and oxygen atoms in total. The molecule has 1 fully saturated rings. The van der Waals surface area contributed by atoms with Gasteiger partial charge < -0.3 is 25.8 Å². The second-order valence-electron chi connectivity index (χ2n) is 4.36. The number of carboxylic acids is 1. The highest BCUT2D eigenvalue weighted by Crippen LogP contribution is 2.42. The predicted molar refractivity (Wildman–Crippen MR) is 61.8 cm³/mol. The molecule has 0 radical (unpaired) electrons. The number of halogens is 2. The first kappa shape index (κ1) is 15.3. The van der Waals surface area contributed by atoms with E-state index in [2.05, 4.69) is 4.98 Å². The minimum atomic E-state index is -3.93. The second kappa shape index (κ2) is 5.02. The monoisotopic (exact) mass is 307 g/mol. The number of nitrogens with zero attached hydrogens (tertiary/aromatic N) is 2. The largest absolute Gasteiger partial charge is 0.478 e. The Morgan fingerprint density at radius 3 is 2.67 bits per heavy atom. The molecule has 0 aromatic carbocycles. The molecule has 3 atom stereocenters. The fraction of sp³-hybridized carbons (Fsp3) is 0.500. The van der Waals surface area contributed by atoms with E-state index < -0.39 is 54.0 Å². The summed E-state index contributed by atoms with van der Waals surface area (Å²) in [6.07, 6.45) is -5.73. The Balaban J connectivity index is 2.54. The topological polar surface area (TPSA) is 148 Å². The number of carbonyl (C=O) groups is 1. The molecule has 1 aliphatic rings. The maximum absolute atomic E-state index is 13.9. The van der Waals surface area contributed by atoms with Crippen LogP contribution in [0.4, 0.5) is 14.6 Å². The average Bonchev–Trinajstić information content (AvgIpc) is 2.61. The van der Waals surface area contributed by atoms with Gasteiger partial charge in [0, 0.05) is 6.20 Å². The summed E-state index contributed by atoms with van der Waals surface area (Å²) in [7, 11) is 0. The first-order valence-electron chi connectivity index (χ1n) is 5.64. The number of rotatable bonds is 3. The van der Waals surface area contributed by atoms with Gasteiger partial charge in [-0.25, -0.2) is 9.59 Å². The number of aromatic nitrogens is 2. The number of aromatic carboxylic acids is 1. The third kappa shape index (κ3) is 2.34. The van der Waals surface area contributed by atoms with Crippen LogP contribution in [0, 0.1) is 0 Å². The average molecular weight is 307 g/mol. The summed E-state index contributed by atoms with van der Waals surface area (Å²) in [5, 5.41) is 27.1. The molecule has 5 N–H and O–H groups in total. The number of nitrogen functional groups attached to an aromatic ring is 1. The third-order valence-corrected chi connectivity index (χ3v) is 3.02. The summed E-state index contributed by atoms with van der Waals surface area (Å²) >= 11 is 0. The second-order valence-corrected chi connectivity index (χ2v) is 4.36. The lowest BCUT2D eigenvalue weighted by Gasteiger charge is -2.21. The molecule has 1 aliphatic heterocycles. The number of alkyl halides is 2.